The Labute approximate surface area is 121 Å². The molecule has 0 saturated heterocycles. The average molecular weight is 304 g/mol. The van der Waals surface area contributed by atoms with Crippen molar-refractivity contribution in [3.63, 3.8) is 0 Å². The van der Waals surface area contributed by atoms with Crippen LogP contribution < -0.4 is 9.84 Å². The molecule has 0 atom stereocenters. The molecule has 0 fully saturated rings. The molecule has 0 spiro atoms. The highest BCUT2D eigenvalue weighted by Crippen LogP contribution is 2.30. The number of esters is 1. The summed E-state index contributed by atoms with van der Waals surface area (Å²) < 4.78 is 5.06. The van der Waals surface area contributed by atoms with Crippen molar-refractivity contribution >= 4 is 35.1 Å². The molecule has 0 saturated carbocycles. The van der Waals surface area contributed by atoms with Crippen molar-refractivity contribution in [1.82, 2.24) is 0 Å². The fourth-order valence-corrected chi connectivity index (χ4v) is 2.21. The van der Waals surface area contributed by atoms with E-state index in [-0.39, 0.29) is 18.6 Å². The summed E-state index contributed by atoms with van der Waals surface area (Å²) >= 11 is 11.5. The maximum absolute atomic E-state index is 12.0. The Morgan fingerprint density at radius 3 is 2.00 bits per heavy atom. The summed E-state index contributed by atoms with van der Waals surface area (Å²) in [7, 11) is 0. The van der Waals surface area contributed by atoms with E-state index in [1.54, 1.807) is 13.8 Å². The molecular weight excluding hydrogens is 291 g/mol. The number of aliphatic carboxylic acids is 1. The molecule has 0 unspecified atom stereocenters. The van der Waals surface area contributed by atoms with Gasteiger partial charge in [0.1, 0.15) is 11.2 Å². The van der Waals surface area contributed by atoms with Gasteiger partial charge in [0.25, 0.3) is 0 Å². The van der Waals surface area contributed by atoms with Crippen molar-refractivity contribution in [3.05, 3.63) is 28.2 Å². The largest absolute Gasteiger partial charge is 0.549 e. The molecular formula is C13H13Cl2O4-. The molecule has 0 aliphatic heterocycles. The van der Waals surface area contributed by atoms with Gasteiger partial charge in [-0.1, -0.05) is 37.0 Å². The fraction of sp³-hybridized carbons (Fsp3) is 0.385. The molecule has 0 aliphatic rings. The predicted octanol–water partition coefficient (Wildman–Crippen LogP) is 2.46. The van der Waals surface area contributed by atoms with Crippen molar-refractivity contribution in [3.8, 4) is 5.75 Å². The highest BCUT2D eigenvalue weighted by Gasteiger charge is 2.38. The molecule has 19 heavy (non-hydrogen) atoms. The van der Waals surface area contributed by atoms with Crippen LogP contribution in [0, 0.1) is 5.41 Å². The Morgan fingerprint density at radius 1 is 1.16 bits per heavy atom. The van der Waals surface area contributed by atoms with E-state index in [0.29, 0.717) is 10.0 Å². The minimum atomic E-state index is -1.66. The van der Waals surface area contributed by atoms with Gasteiger partial charge < -0.3 is 14.6 Å². The monoisotopic (exact) mass is 303 g/mol. The molecule has 1 aromatic carbocycles. The first-order chi connectivity index (χ1) is 8.85. The Morgan fingerprint density at radius 2 is 1.63 bits per heavy atom. The normalized spacial score (nSPS) is 11.2. The van der Waals surface area contributed by atoms with E-state index in [9.17, 15) is 14.7 Å². The zero-order chi connectivity index (χ0) is 14.6. The van der Waals surface area contributed by atoms with Gasteiger partial charge in [0.05, 0.1) is 5.97 Å². The summed E-state index contributed by atoms with van der Waals surface area (Å²) in [5.74, 6) is -2.22. The number of carbonyl (C=O) groups is 2. The van der Waals surface area contributed by atoms with Gasteiger partial charge in [-0.3, -0.25) is 4.79 Å². The maximum Gasteiger partial charge on any atom is 0.323 e. The second kappa shape index (κ2) is 6.26. The third-order valence-corrected chi connectivity index (χ3v) is 3.47. The van der Waals surface area contributed by atoms with Crippen LogP contribution in [0.1, 0.15) is 26.7 Å². The summed E-state index contributed by atoms with van der Waals surface area (Å²) in [6, 6.07) is 4.25. The van der Waals surface area contributed by atoms with Gasteiger partial charge in [-0.05, 0) is 31.0 Å². The summed E-state index contributed by atoms with van der Waals surface area (Å²) in [6.07, 6.45) is 0.165. The number of hydrogen-bond acceptors (Lipinski definition) is 4. The van der Waals surface area contributed by atoms with Crippen LogP contribution in [0.5, 0.6) is 5.75 Å². The van der Waals surface area contributed by atoms with Crippen molar-refractivity contribution in [2.24, 2.45) is 5.41 Å². The fourth-order valence-electron chi connectivity index (χ4n) is 1.70. The maximum atomic E-state index is 12.0. The number of carboxylic acids is 1. The van der Waals surface area contributed by atoms with Crippen LogP contribution in [0.4, 0.5) is 0 Å². The molecule has 0 radical (unpaired) electrons. The van der Waals surface area contributed by atoms with Gasteiger partial charge in [0.2, 0.25) is 0 Å². The van der Waals surface area contributed by atoms with E-state index in [0.717, 1.165) is 0 Å². The van der Waals surface area contributed by atoms with Crippen LogP contribution in [-0.4, -0.2) is 11.9 Å². The molecule has 0 N–H and O–H groups in total. The molecule has 0 amide bonds. The molecule has 1 rings (SSSR count). The topological polar surface area (TPSA) is 66.4 Å². The second-order valence-corrected chi connectivity index (χ2v) is 4.94. The Hall–Kier alpha value is -1.26. The lowest BCUT2D eigenvalue weighted by Crippen LogP contribution is -2.49. The number of benzene rings is 1. The zero-order valence-electron chi connectivity index (χ0n) is 10.5. The van der Waals surface area contributed by atoms with E-state index < -0.39 is 17.4 Å². The number of rotatable bonds is 5. The first kappa shape index (κ1) is 15.8. The summed E-state index contributed by atoms with van der Waals surface area (Å²) in [4.78, 5) is 23.2. The minimum Gasteiger partial charge on any atom is -0.549 e. The van der Waals surface area contributed by atoms with Gasteiger partial charge in [-0.25, -0.2) is 0 Å². The lowest BCUT2D eigenvalue weighted by molar-refractivity contribution is -0.318. The number of ether oxygens (including phenoxy) is 1. The van der Waals surface area contributed by atoms with E-state index in [2.05, 4.69) is 0 Å². The summed E-state index contributed by atoms with van der Waals surface area (Å²) in [5.41, 5.74) is -1.66. The van der Waals surface area contributed by atoms with E-state index in [1.807, 2.05) is 0 Å². The molecule has 4 nitrogen and oxygen atoms in total. The van der Waals surface area contributed by atoms with Crippen molar-refractivity contribution in [2.75, 3.05) is 0 Å². The van der Waals surface area contributed by atoms with Crippen molar-refractivity contribution in [1.29, 1.82) is 0 Å². The van der Waals surface area contributed by atoms with Crippen LogP contribution in [0.2, 0.25) is 10.0 Å². The summed E-state index contributed by atoms with van der Waals surface area (Å²) in [5, 5.41) is 11.8. The number of carbonyl (C=O) groups excluding carboxylic acids is 2. The van der Waals surface area contributed by atoms with Crippen LogP contribution in [0.25, 0.3) is 0 Å². The molecule has 0 aliphatic carbocycles. The third-order valence-electron chi connectivity index (χ3n) is 3.04. The highest BCUT2D eigenvalue weighted by molar-refractivity contribution is 6.34. The minimum absolute atomic E-state index is 0.0823. The SMILES string of the molecule is CCC(CC)(C(=O)[O-])C(=O)Oc1cc(Cl)cc(Cl)c1. The first-order valence-corrected chi connectivity index (χ1v) is 6.51. The molecule has 1 aromatic rings. The van der Waals surface area contributed by atoms with Crippen molar-refractivity contribution < 1.29 is 19.4 Å². The Kier molecular flexibility index (Phi) is 5.20. The zero-order valence-corrected chi connectivity index (χ0v) is 12.0. The standard InChI is InChI=1S/C13H14Cl2O4/c1-3-13(4-2,11(16)17)12(18)19-10-6-8(14)5-9(15)7-10/h5-7H,3-4H2,1-2H3,(H,16,17)/p-1. The molecule has 104 valence electrons. The van der Waals surface area contributed by atoms with Gasteiger partial charge in [0, 0.05) is 10.0 Å². The van der Waals surface area contributed by atoms with Crippen LogP contribution in [-0.2, 0) is 9.59 Å². The molecule has 6 heteroatoms. The van der Waals surface area contributed by atoms with Gasteiger partial charge in [0.15, 0.2) is 0 Å². The smallest absolute Gasteiger partial charge is 0.323 e. The number of halogens is 2. The van der Waals surface area contributed by atoms with Crippen LogP contribution >= 0.6 is 23.2 Å². The molecule has 0 aromatic heterocycles. The van der Waals surface area contributed by atoms with Crippen LogP contribution in [0.3, 0.4) is 0 Å². The second-order valence-electron chi connectivity index (χ2n) is 4.07. The lowest BCUT2D eigenvalue weighted by Gasteiger charge is -2.29. The van der Waals surface area contributed by atoms with Gasteiger partial charge >= 0.3 is 5.97 Å². The molecule has 0 heterocycles. The van der Waals surface area contributed by atoms with E-state index in [1.165, 1.54) is 18.2 Å². The van der Waals surface area contributed by atoms with Gasteiger partial charge in [-0.2, -0.15) is 0 Å². The van der Waals surface area contributed by atoms with E-state index >= 15 is 0 Å². The first-order valence-electron chi connectivity index (χ1n) is 5.75. The van der Waals surface area contributed by atoms with Crippen LogP contribution in [0.15, 0.2) is 18.2 Å². The van der Waals surface area contributed by atoms with Gasteiger partial charge in [-0.15, -0.1) is 0 Å². The number of carboxylic acid groups (broad SMARTS) is 1. The lowest BCUT2D eigenvalue weighted by atomic mass is 9.82. The van der Waals surface area contributed by atoms with Crippen molar-refractivity contribution in [2.45, 2.75) is 26.7 Å². The number of hydrogen-bond donors (Lipinski definition) is 0. The average Bonchev–Trinajstić information content (AvgIpc) is 2.29. The third kappa shape index (κ3) is 3.39. The highest BCUT2D eigenvalue weighted by atomic mass is 35.5. The van der Waals surface area contributed by atoms with E-state index in [4.69, 9.17) is 27.9 Å². The quantitative estimate of drug-likeness (QED) is 0.476. The Bertz CT molecular complexity index is 475. The summed E-state index contributed by atoms with van der Waals surface area (Å²) in [6.45, 7) is 3.18. The predicted molar refractivity (Wildman–Crippen MR) is 70.1 cm³/mol. The Balaban J connectivity index is 3.03. The molecule has 0 bridgehead atoms.